The molecule has 2 aliphatic rings. The summed E-state index contributed by atoms with van der Waals surface area (Å²) in [7, 11) is -1.41. The molecule has 0 radical (unpaired) electrons. The molecule has 1 aromatic rings. The molecule has 0 spiro atoms. The molecule has 0 saturated carbocycles. The second kappa shape index (κ2) is 6.67. The quantitative estimate of drug-likeness (QED) is 0.788. The molecule has 136 valence electrons. The highest BCUT2D eigenvalue weighted by Gasteiger charge is 2.34. The molecule has 2 heterocycles. The monoisotopic (exact) mass is 366 g/mol. The fraction of sp³-hybridized carbons (Fsp3) is 0.529. The zero-order valence-electron chi connectivity index (χ0n) is 14.3. The molecule has 1 fully saturated rings. The highest BCUT2D eigenvalue weighted by atomic mass is 32.2. The van der Waals surface area contributed by atoms with Gasteiger partial charge in [0.05, 0.1) is 17.2 Å². The Morgan fingerprint density at radius 2 is 2.08 bits per heavy atom. The molecule has 2 aliphatic heterocycles. The van der Waals surface area contributed by atoms with Gasteiger partial charge in [0.25, 0.3) is 5.91 Å². The summed E-state index contributed by atoms with van der Waals surface area (Å²) < 4.78 is 28.7. The Morgan fingerprint density at radius 1 is 1.36 bits per heavy atom. The molecule has 25 heavy (non-hydrogen) atoms. The summed E-state index contributed by atoms with van der Waals surface area (Å²) in [6.45, 7) is 1.93. The minimum atomic E-state index is -3.04. The van der Waals surface area contributed by atoms with Gasteiger partial charge in [-0.2, -0.15) is 0 Å². The topological polar surface area (TPSA) is 84.0 Å². The Bertz CT molecular complexity index is 792. The van der Waals surface area contributed by atoms with E-state index in [-0.39, 0.29) is 42.3 Å². The first-order chi connectivity index (χ1) is 11.8. The first kappa shape index (κ1) is 17.7. The van der Waals surface area contributed by atoms with Crippen molar-refractivity contribution in [3.8, 4) is 5.75 Å². The van der Waals surface area contributed by atoms with Crippen LogP contribution in [0.3, 0.4) is 0 Å². The average Bonchev–Trinajstić information content (AvgIpc) is 2.94. The Balaban J connectivity index is 1.66. The zero-order valence-corrected chi connectivity index (χ0v) is 15.2. The summed E-state index contributed by atoms with van der Waals surface area (Å²) >= 11 is 0. The molecule has 8 heteroatoms. The molecule has 1 saturated heterocycles. The number of hydrogen-bond acceptors (Lipinski definition) is 5. The van der Waals surface area contributed by atoms with Gasteiger partial charge in [0.1, 0.15) is 5.75 Å². The van der Waals surface area contributed by atoms with E-state index in [9.17, 15) is 18.0 Å². The SMILES string of the molecule is C[C@H]1Oc2ccccc2N(CCC(=O)N(C)[C@@H]2CCS(=O)(=O)C2)C1=O. The third-order valence-corrected chi connectivity index (χ3v) is 6.52. The number of ether oxygens (including phenoxy) is 1. The maximum absolute atomic E-state index is 12.4. The van der Waals surface area contributed by atoms with E-state index in [1.807, 2.05) is 12.1 Å². The van der Waals surface area contributed by atoms with Crippen LogP contribution in [0.2, 0.25) is 0 Å². The van der Waals surface area contributed by atoms with Gasteiger partial charge in [0.15, 0.2) is 15.9 Å². The standard InChI is InChI=1S/C17H22N2O5S/c1-12-17(21)19(14-5-3-4-6-15(14)24-12)9-7-16(20)18(2)13-8-10-25(22,23)11-13/h3-6,12-13H,7-11H2,1-2H3/t12-,13-/m1/s1. The first-order valence-electron chi connectivity index (χ1n) is 8.31. The summed E-state index contributed by atoms with van der Waals surface area (Å²) in [6.07, 6.45) is 0.0172. The molecule has 0 N–H and O–H groups in total. The predicted octanol–water partition coefficient (Wildman–Crippen LogP) is 0.836. The van der Waals surface area contributed by atoms with Gasteiger partial charge in [-0.1, -0.05) is 12.1 Å². The normalized spacial score (nSPS) is 24.6. The number of hydrogen-bond donors (Lipinski definition) is 0. The molecule has 0 bridgehead atoms. The van der Waals surface area contributed by atoms with E-state index in [1.54, 1.807) is 31.0 Å². The van der Waals surface area contributed by atoms with Crippen LogP contribution in [-0.4, -0.2) is 62.4 Å². The fourth-order valence-electron chi connectivity index (χ4n) is 3.26. The minimum Gasteiger partial charge on any atom is -0.479 e. The van der Waals surface area contributed by atoms with Crippen molar-refractivity contribution in [1.82, 2.24) is 4.90 Å². The molecule has 2 amide bonds. The largest absolute Gasteiger partial charge is 0.479 e. The van der Waals surface area contributed by atoms with Gasteiger partial charge < -0.3 is 14.5 Å². The Morgan fingerprint density at radius 3 is 2.76 bits per heavy atom. The van der Waals surface area contributed by atoms with Crippen LogP contribution >= 0.6 is 0 Å². The second-order valence-electron chi connectivity index (χ2n) is 6.53. The lowest BCUT2D eigenvalue weighted by atomic mass is 10.1. The van der Waals surface area contributed by atoms with Crippen LogP contribution in [0.4, 0.5) is 5.69 Å². The van der Waals surface area contributed by atoms with E-state index in [1.165, 1.54) is 4.90 Å². The van der Waals surface area contributed by atoms with E-state index in [0.717, 1.165) is 0 Å². The molecular weight excluding hydrogens is 344 g/mol. The third kappa shape index (κ3) is 3.63. The Kier molecular flexibility index (Phi) is 4.73. The predicted molar refractivity (Wildman–Crippen MR) is 93.3 cm³/mol. The number of carbonyl (C=O) groups excluding carboxylic acids is 2. The van der Waals surface area contributed by atoms with E-state index in [4.69, 9.17) is 4.74 Å². The average molecular weight is 366 g/mol. The number of rotatable bonds is 4. The maximum Gasteiger partial charge on any atom is 0.267 e. The number of anilines is 1. The van der Waals surface area contributed by atoms with E-state index < -0.39 is 15.9 Å². The van der Waals surface area contributed by atoms with Crippen molar-refractivity contribution in [2.24, 2.45) is 0 Å². The van der Waals surface area contributed by atoms with E-state index in [2.05, 4.69) is 0 Å². The van der Waals surface area contributed by atoms with Gasteiger partial charge in [0.2, 0.25) is 5.91 Å². The molecule has 7 nitrogen and oxygen atoms in total. The minimum absolute atomic E-state index is 0.0194. The molecule has 2 atom stereocenters. The summed E-state index contributed by atoms with van der Waals surface area (Å²) in [5.41, 5.74) is 0.657. The Hall–Kier alpha value is -2.09. The number of sulfone groups is 1. The lowest BCUT2D eigenvalue weighted by Gasteiger charge is -2.33. The molecule has 0 aromatic heterocycles. The summed E-state index contributed by atoms with van der Waals surface area (Å²) in [6, 6.07) is 6.96. The van der Waals surface area contributed by atoms with Crippen LogP contribution in [0.15, 0.2) is 24.3 Å². The number of nitrogens with zero attached hydrogens (tertiary/aromatic N) is 2. The number of fused-ring (bicyclic) bond motifs is 1. The van der Waals surface area contributed by atoms with E-state index in [0.29, 0.717) is 17.9 Å². The van der Waals surface area contributed by atoms with Gasteiger partial charge in [0, 0.05) is 26.1 Å². The van der Waals surface area contributed by atoms with Crippen molar-refractivity contribution >= 4 is 27.3 Å². The van der Waals surface area contributed by atoms with E-state index >= 15 is 0 Å². The number of carbonyl (C=O) groups is 2. The van der Waals surface area contributed by atoms with Crippen molar-refractivity contribution in [1.29, 1.82) is 0 Å². The smallest absolute Gasteiger partial charge is 0.267 e. The van der Waals surface area contributed by atoms with Gasteiger partial charge in [-0.25, -0.2) is 8.42 Å². The van der Waals surface area contributed by atoms with Crippen LogP contribution < -0.4 is 9.64 Å². The lowest BCUT2D eigenvalue weighted by molar-refractivity contribution is -0.131. The molecule has 0 aliphatic carbocycles. The van der Waals surface area contributed by atoms with Crippen LogP contribution in [0.5, 0.6) is 5.75 Å². The van der Waals surface area contributed by atoms with Crippen LogP contribution in [0.25, 0.3) is 0 Å². The Labute approximate surface area is 147 Å². The molecule has 0 unspecified atom stereocenters. The summed E-state index contributed by atoms with van der Waals surface area (Å²) in [5, 5.41) is 0. The van der Waals surface area contributed by atoms with Crippen molar-refractivity contribution in [2.45, 2.75) is 31.9 Å². The number of benzene rings is 1. The van der Waals surface area contributed by atoms with Crippen molar-refractivity contribution < 1.29 is 22.7 Å². The van der Waals surface area contributed by atoms with Crippen molar-refractivity contribution in [3.05, 3.63) is 24.3 Å². The lowest BCUT2D eigenvalue weighted by Crippen LogP contribution is -2.46. The van der Waals surface area contributed by atoms with Crippen molar-refractivity contribution in [3.63, 3.8) is 0 Å². The summed E-state index contributed by atoms with van der Waals surface area (Å²) in [5.74, 6) is 0.426. The number of para-hydroxylation sites is 2. The second-order valence-corrected chi connectivity index (χ2v) is 8.76. The van der Waals surface area contributed by atoms with Crippen LogP contribution in [0.1, 0.15) is 19.8 Å². The van der Waals surface area contributed by atoms with Gasteiger partial charge >= 0.3 is 0 Å². The zero-order chi connectivity index (χ0) is 18.2. The van der Waals surface area contributed by atoms with Gasteiger partial charge in [-0.15, -0.1) is 0 Å². The molecule has 3 rings (SSSR count). The molecular formula is C17H22N2O5S. The highest BCUT2D eigenvalue weighted by Crippen LogP contribution is 2.33. The van der Waals surface area contributed by atoms with Crippen molar-refractivity contribution in [2.75, 3.05) is 30.0 Å². The number of amides is 2. The van der Waals surface area contributed by atoms with Crippen LogP contribution in [0, 0.1) is 0 Å². The van der Waals surface area contributed by atoms with Crippen LogP contribution in [-0.2, 0) is 19.4 Å². The maximum atomic E-state index is 12.4. The third-order valence-electron chi connectivity index (χ3n) is 4.77. The van der Waals surface area contributed by atoms with Gasteiger partial charge in [-0.3, -0.25) is 9.59 Å². The summed E-state index contributed by atoms with van der Waals surface area (Å²) in [4.78, 5) is 27.9. The fourth-order valence-corrected chi connectivity index (χ4v) is 5.03. The molecule has 1 aromatic carbocycles. The first-order valence-corrected chi connectivity index (χ1v) is 10.1. The van der Waals surface area contributed by atoms with Gasteiger partial charge in [-0.05, 0) is 25.5 Å². The highest BCUT2D eigenvalue weighted by molar-refractivity contribution is 7.91.